The van der Waals surface area contributed by atoms with E-state index in [0.29, 0.717) is 0 Å². The van der Waals surface area contributed by atoms with E-state index in [9.17, 15) is 4.79 Å². The lowest BCUT2D eigenvalue weighted by molar-refractivity contribution is -0.122. The molecule has 72 valence electrons. The Morgan fingerprint density at radius 1 is 1.58 bits per heavy atom. The highest BCUT2D eigenvalue weighted by atomic mass is 32.1. The number of amides is 1. The lowest BCUT2D eigenvalue weighted by Crippen LogP contribution is -2.29. The van der Waals surface area contributed by atoms with Crippen LogP contribution in [-0.2, 0) is 4.79 Å². The topological polar surface area (TPSA) is 43.1 Å². The molecule has 2 N–H and O–H groups in total. The number of hydrogen-bond donors (Lipinski definition) is 2. The summed E-state index contributed by atoms with van der Waals surface area (Å²) >= 11 is 4.47. The lowest BCUT2D eigenvalue weighted by atomic mass is 9.91. The first-order chi connectivity index (χ1) is 5.43. The summed E-state index contributed by atoms with van der Waals surface area (Å²) in [5.41, 5.74) is 5.24. The van der Waals surface area contributed by atoms with Gasteiger partial charge in [-0.05, 0) is 19.3 Å². The fraction of sp³-hybridized carbons (Fsp3) is 0.889. The maximum absolute atomic E-state index is 10.9. The first-order valence-electron chi connectivity index (χ1n) is 4.44. The third-order valence-electron chi connectivity index (χ3n) is 2.34. The SMILES string of the molecule is CCC(CC(C)(S)CC)C(N)=O. The summed E-state index contributed by atoms with van der Waals surface area (Å²) in [5.74, 6) is -0.223. The largest absolute Gasteiger partial charge is 0.369 e. The Bertz CT molecular complexity index is 157. The summed E-state index contributed by atoms with van der Waals surface area (Å²) in [4.78, 5) is 10.9. The molecule has 0 saturated carbocycles. The van der Waals surface area contributed by atoms with Crippen LogP contribution in [0.4, 0.5) is 0 Å². The van der Waals surface area contributed by atoms with Gasteiger partial charge in [-0.25, -0.2) is 0 Å². The van der Waals surface area contributed by atoms with Crippen molar-refractivity contribution in [3.63, 3.8) is 0 Å². The van der Waals surface area contributed by atoms with E-state index in [2.05, 4.69) is 19.6 Å². The second kappa shape index (κ2) is 4.75. The third-order valence-corrected chi connectivity index (χ3v) is 2.84. The van der Waals surface area contributed by atoms with Gasteiger partial charge in [0, 0.05) is 10.7 Å². The first kappa shape index (κ1) is 11.8. The van der Waals surface area contributed by atoms with Crippen LogP contribution in [-0.4, -0.2) is 10.7 Å². The molecule has 0 bridgehead atoms. The summed E-state index contributed by atoms with van der Waals surface area (Å²) in [5, 5.41) is 0. The Kier molecular flexibility index (Phi) is 4.68. The minimum Gasteiger partial charge on any atom is -0.369 e. The van der Waals surface area contributed by atoms with Crippen LogP contribution < -0.4 is 5.73 Å². The molecule has 0 aliphatic carbocycles. The molecule has 0 aromatic carbocycles. The second-order valence-electron chi connectivity index (χ2n) is 3.56. The van der Waals surface area contributed by atoms with Gasteiger partial charge in [-0.15, -0.1) is 0 Å². The van der Waals surface area contributed by atoms with Crippen LogP contribution in [0, 0.1) is 5.92 Å². The van der Waals surface area contributed by atoms with Gasteiger partial charge in [0.15, 0.2) is 0 Å². The zero-order valence-electron chi connectivity index (χ0n) is 8.13. The summed E-state index contributed by atoms with van der Waals surface area (Å²) < 4.78 is -0.0598. The van der Waals surface area contributed by atoms with Gasteiger partial charge >= 0.3 is 0 Å². The molecule has 3 heteroatoms. The molecule has 0 rings (SSSR count). The molecule has 0 aromatic heterocycles. The average molecular weight is 189 g/mol. The predicted octanol–water partition coefficient (Wildman–Crippen LogP) is 1.99. The molecule has 1 amide bonds. The molecule has 2 nitrogen and oxygen atoms in total. The molecule has 0 spiro atoms. The molecule has 0 aliphatic heterocycles. The fourth-order valence-corrected chi connectivity index (χ4v) is 1.34. The average Bonchev–Trinajstić information content (AvgIpc) is 2.00. The van der Waals surface area contributed by atoms with Gasteiger partial charge in [0.1, 0.15) is 0 Å². The first-order valence-corrected chi connectivity index (χ1v) is 4.89. The van der Waals surface area contributed by atoms with Crippen molar-refractivity contribution in [3.8, 4) is 0 Å². The minimum absolute atomic E-state index is 0.0209. The van der Waals surface area contributed by atoms with Crippen LogP contribution in [0.25, 0.3) is 0 Å². The molecule has 0 fully saturated rings. The van der Waals surface area contributed by atoms with Gasteiger partial charge in [-0.1, -0.05) is 20.8 Å². The highest BCUT2D eigenvalue weighted by Gasteiger charge is 2.24. The van der Waals surface area contributed by atoms with Gasteiger partial charge in [0.05, 0.1) is 0 Å². The van der Waals surface area contributed by atoms with E-state index in [0.717, 1.165) is 19.3 Å². The van der Waals surface area contributed by atoms with Crippen molar-refractivity contribution in [2.24, 2.45) is 11.7 Å². The smallest absolute Gasteiger partial charge is 0.220 e. The van der Waals surface area contributed by atoms with Gasteiger partial charge in [-0.2, -0.15) is 12.6 Å². The van der Waals surface area contributed by atoms with Crippen LogP contribution >= 0.6 is 12.6 Å². The molecule has 0 heterocycles. The Morgan fingerprint density at radius 3 is 2.33 bits per heavy atom. The predicted molar refractivity (Wildman–Crippen MR) is 55.3 cm³/mol. The molecule has 0 aromatic rings. The zero-order chi connectivity index (χ0) is 9.78. The second-order valence-corrected chi connectivity index (χ2v) is 4.64. The van der Waals surface area contributed by atoms with E-state index in [1.54, 1.807) is 0 Å². The lowest BCUT2D eigenvalue weighted by Gasteiger charge is -2.25. The number of nitrogens with two attached hydrogens (primary N) is 1. The van der Waals surface area contributed by atoms with Crippen molar-refractivity contribution in [1.29, 1.82) is 0 Å². The highest BCUT2D eigenvalue weighted by molar-refractivity contribution is 7.81. The molecular weight excluding hydrogens is 170 g/mol. The van der Waals surface area contributed by atoms with Crippen LogP contribution in [0.15, 0.2) is 0 Å². The summed E-state index contributed by atoms with van der Waals surface area (Å²) in [7, 11) is 0. The third kappa shape index (κ3) is 4.00. The van der Waals surface area contributed by atoms with Crippen molar-refractivity contribution in [2.75, 3.05) is 0 Å². The Labute approximate surface area is 80.3 Å². The van der Waals surface area contributed by atoms with E-state index in [1.165, 1.54) is 0 Å². The molecular formula is C9H19NOS. The van der Waals surface area contributed by atoms with Crippen molar-refractivity contribution < 1.29 is 4.79 Å². The highest BCUT2D eigenvalue weighted by Crippen LogP contribution is 2.28. The maximum atomic E-state index is 10.9. The molecule has 2 atom stereocenters. The molecule has 2 unspecified atom stereocenters. The van der Waals surface area contributed by atoms with Gasteiger partial charge in [-0.3, -0.25) is 4.79 Å². The number of carbonyl (C=O) groups is 1. The van der Waals surface area contributed by atoms with Crippen LogP contribution in [0.2, 0.25) is 0 Å². The van der Waals surface area contributed by atoms with Crippen molar-refractivity contribution in [3.05, 3.63) is 0 Å². The normalized spacial score (nSPS) is 18.3. The minimum atomic E-state index is -0.203. The van der Waals surface area contributed by atoms with Crippen LogP contribution in [0.1, 0.15) is 40.0 Å². The number of carbonyl (C=O) groups excluding carboxylic acids is 1. The number of rotatable bonds is 5. The number of hydrogen-bond acceptors (Lipinski definition) is 2. The van der Waals surface area contributed by atoms with E-state index in [4.69, 9.17) is 5.73 Å². The van der Waals surface area contributed by atoms with Crippen molar-refractivity contribution in [1.82, 2.24) is 0 Å². The van der Waals surface area contributed by atoms with E-state index >= 15 is 0 Å². The van der Waals surface area contributed by atoms with Gasteiger partial charge in [0.25, 0.3) is 0 Å². The number of primary amides is 1. The van der Waals surface area contributed by atoms with Crippen molar-refractivity contribution >= 4 is 18.5 Å². The van der Waals surface area contributed by atoms with E-state index in [-0.39, 0.29) is 16.6 Å². The maximum Gasteiger partial charge on any atom is 0.220 e. The monoisotopic (exact) mass is 189 g/mol. The van der Waals surface area contributed by atoms with Crippen LogP contribution in [0.3, 0.4) is 0 Å². The summed E-state index contributed by atoms with van der Waals surface area (Å²) in [6.07, 6.45) is 2.55. The van der Waals surface area contributed by atoms with Crippen molar-refractivity contribution in [2.45, 2.75) is 44.8 Å². The summed E-state index contributed by atoms with van der Waals surface area (Å²) in [6.45, 7) is 6.09. The van der Waals surface area contributed by atoms with Gasteiger partial charge in [0.2, 0.25) is 5.91 Å². The fourth-order valence-electron chi connectivity index (χ4n) is 1.12. The molecule has 12 heavy (non-hydrogen) atoms. The van der Waals surface area contributed by atoms with Gasteiger partial charge < -0.3 is 5.73 Å². The Morgan fingerprint density at radius 2 is 2.08 bits per heavy atom. The Hall–Kier alpha value is -0.180. The van der Waals surface area contributed by atoms with E-state index in [1.807, 2.05) is 13.8 Å². The molecule has 0 radical (unpaired) electrons. The number of thiol groups is 1. The quantitative estimate of drug-likeness (QED) is 0.638. The zero-order valence-corrected chi connectivity index (χ0v) is 9.03. The van der Waals surface area contributed by atoms with E-state index < -0.39 is 0 Å². The Balaban J connectivity index is 4.11. The van der Waals surface area contributed by atoms with Crippen LogP contribution in [0.5, 0.6) is 0 Å². The molecule has 0 saturated heterocycles. The summed E-state index contributed by atoms with van der Waals surface area (Å²) in [6, 6.07) is 0. The molecule has 0 aliphatic rings. The standard InChI is InChI=1S/C9H19NOS/c1-4-7(8(10)11)6-9(3,12)5-2/h7,12H,4-6H2,1-3H3,(H2,10,11).